The number of carbonyl (C=O) groups is 1. The van der Waals surface area contributed by atoms with Crippen molar-refractivity contribution in [2.45, 2.75) is 40.7 Å². The number of hydrogen-bond donors (Lipinski definition) is 1. The molecule has 0 bridgehead atoms. The van der Waals surface area contributed by atoms with Gasteiger partial charge in [0.1, 0.15) is 12.4 Å². The van der Waals surface area contributed by atoms with Gasteiger partial charge in [-0.3, -0.25) is 18.6 Å². The van der Waals surface area contributed by atoms with Crippen LogP contribution >= 0.6 is 0 Å². The lowest BCUT2D eigenvalue weighted by Crippen LogP contribution is -2.30. The molecule has 0 aliphatic carbocycles. The summed E-state index contributed by atoms with van der Waals surface area (Å²) < 4.78 is 3.24. The summed E-state index contributed by atoms with van der Waals surface area (Å²) in [7, 11) is 0. The van der Waals surface area contributed by atoms with Crippen LogP contribution in [-0.2, 0) is 17.8 Å². The van der Waals surface area contributed by atoms with Crippen LogP contribution in [0.5, 0.6) is 0 Å². The molecule has 1 amide bonds. The molecular weight excluding hydrogens is 366 g/mol. The standard InChI is InChI=1S/C22H23N5O2/c1-5-18-24-25-21-22(29)26(16-8-6-7-9-17(16)27(18)21)12-19(28)23-20-14(3)10-13(2)11-15(20)4/h6-11H,5,12H2,1-4H3,(H,23,28). The van der Waals surface area contributed by atoms with Crippen molar-refractivity contribution in [2.24, 2.45) is 0 Å². The fourth-order valence-corrected chi connectivity index (χ4v) is 3.91. The van der Waals surface area contributed by atoms with Crippen molar-refractivity contribution < 1.29 is 4.79 Å². The Labute approximate surface area is 168 Å². The molecule has 0 fully saturated rings. The zero-order valence-corrected chi connectivity index (χ0v) is 17.0. The minimum Gasteiger partial charge on any atom is -0.324 e. The van der Waals surface area contributed by atoms with Crippen LogP contribution in [-0.4, -0.2) is 25.1 Å². The second kappa shape index (κ2) is 7.16. The number of anilines is 1. The minimum atomic E-state index is -0.330. The fraction of sp³-hybridized carbons (Fsp3) is 0.273. The summed E-state index contributed by atoms with van der Waals surface area (Å²) in [6, 6.07) is 11.6. The normalized spacial score (nSPS) is 11.3. The number of nitrogens with one attached hydrogen (secondary N) is 1. The van der Waals surface area contributed by atoms with Crippen LogP contribution in [0, 0.1) is 20.8 Å². The Bertz CT molecular complexity index is 1290. The molecule has 2 aromatic carbocycles. The van der Waals surface area contributed by atoms with E-state index in [-0.39, 0.29) is 23.7 Å². The molecule has 4 aromatic rings. The van der Waals surface area contributed by atoms with E-state index in [0.717, 1.165) is 33.7 Å². The molecule has 0 saturated carbocycles. The van der Waals surface area contributed by atoms with E-state index in [0.29, 0.717) is 11.9 Å². The van der Waals surface area contributed by atoms with Crippen molar-refractivity contribution in [2.75, 3.05) is 5.32 Å². The van der Waals surface area contributed by atoms with Gasteiger partial charge in [-0.05, 0) is 44.0 Å². The largest absolute Gasteiger partial charge is 0.324 e. The van der Waals surface area contributed by atoms with Crippen LogP contribution in [0.2, 0.25) is 0 Å². The molecule has 2 aromatic heterocycles. The topological polar surface area (TPSA) is 81.3 Å². The second-order valence-corrected chi connectivity index (χ2v) is 7.33. The zero-order chi connectivity index (χ0) is 20.7. The first-order chi connectivity index (χ1) is 13.9. The third-order valence-electron chi connectivity index (χ3n) is 5.14. The summed E-state index contributed by atoms with van der Waals surface area (Å²) in [4.78, 5) is 25.9. The third kappa shape index (κ3) is 3.18. The molecule has 0 radical (unpaired) electrons. The second-order valence-electron chi connectivity index (χ2n) is 7.33. The van der Waals surface area contributed by atoms with E-state index >= 15 is 0 Å². The summed E-state index contributed by atoms with van der Waals surface area (Å²) >= 11 is 0. The van der Waals surface area contributed by atoms with Gasteiger partial charge in [-0.2, -0.15) is 0 Å². The molecule has 148 valence electrons. The molecule has 0 aliphatic heterocycles. The zero-order valence-electron chi connectivity index (χ0n) is 17.0. The maximum atomic E-state index is 13.1. The SMILES string of the molecule is CCc1nnc2c(=O)n(CC(=O)Nc3c(C)cc(C)cc3C)c3ccccc3n12. The van der Waals surface area contributed by atoms with Crippen molar-refractivity contribution in [3.05, 3.63) is 69.3 Å². The molecule has 7 nitrogen and oxygen atoms in total. The predicted molar refractivity (Wildman–Crippen MR) is 113 cm³/mol. The van der Waals surface area contributed by atoms with Crippen molar-refractivity contribution in [3.8, 4) is 0 Å². The summed E-state index contributed by atoms with van der Waals surface area (Å²) in [5, 5.41) is 11.2. The van der Waals surface area contributed by atoms with Crippen LogP contribution in [0.25, 0.3) is 16.7 Å². The van der Waals surface area contributed by atoms with Crippen LogP contribution in [0.1, 0.15) is 29.4 Å². The van der Waals surface area contributed by atoms with Gasteiger partial charge in [0.25, 0.3) is 5.56 Å². The Morgan fingerprint density at radius 2 is 1.69 bits per heavy atom. The number of aromatic nitrogens is 4. The number of para-hydroxylation sites is 2. The van der Waals surface area contributed by atoms with E-state index < -0.39 is 0 Å². The predicted octanol–water partition coefficient (Wildman–Crippen LogP) is 3.17. The number of benzene rings is 2. The monoisotopic (exact) mass is 389 g/mol. The highest BCUT2D eigenvalue weighted by Crippen LogP contribution is 2.22. The van der Waals surface area contributed by atoms with Crippen molar-refractivity contribution >= 4 is 28.3 Å². The molecule has 0 aliphatic rings. The number of nitrogens with zero attached hydrogens (tertiary/aromatic N) is 4. The first-order valence-corrected chi connectivity index (χ1v) is 9.64. The molecule has 7 heteroatoms. The molecule has 2 heterocycles. The average molecular weight is 389 g/mol. The Morgan fingerprint density at radius 3 is 2.34 bits per heavy atom. The smallest absolute Gasteiger partial charge is 0.297 e. The Hall–Kier alpha value is -3.48. The maximum Gasteiger partial charge on any atom is 0.297 e. The highest BCUT2D eigenvalue weighted by molar-refractivity contribution is 5.93. The van der Waals surface area contributed by atoms with Crippen LogP contribution in [0.3, 0.4) is 0 Å². The molecule has 29 heavy (non-hydrogen) atoms. The van der Waals surface area contributed by atoms with Crippen molar-refractivity contribution in [3.63, 3.8) is 0 Å². The highest BCUT2D eigenvalue weighted by atomic mass is 16.2. The number of hydrogen-bond acceptors (Lipinski definition) is 4. The molecule has 0 unspecified atom stereocenters. The Morgan fingerprint density at radius 1 is 1.03 bits per heavy atom. The van der Waals surface area contributed by atoms with Gasteiger partial charge in [0.2, 0.25) is 11.6 Å². The van der Waals surface area contributed by atoms with Gasteiger partial charge in [-0.25, -0.2) is 0 Å². The Balaban J connectivity index is 1.79. The van der Waals surface area contributed by atoms with E-state index in [1.807, 2.05) is 64.1 Å². The van der Waals surface area contributed by atoms with Gasteiger partial charge in [0, 0.05) is 12.1 Å². The molecule has 0 spiro atoms. The number of aryl methyl sites for hydroxylation is 4. The molecule has 4 rings (SSSR count). The summed E-state index contributed by atoms with van der Waals surface area (Å²) in [5.41, 5.74) is 5.30. The van der Waals surface area contributed by atoms with Crippen LogP contribution in [0.4, 0.5) is 5.69 Å². The average Bonchev–Trinajstić information content (AvgIpc) is 3.12. The lowest BCUT2D eigenvalue weighted by Gasteiger charge is -2.15. The molecule has 1 N–H and O–H groups in total. The first-order valence-electron chi connectivity index (χ1n) is 9.64. The summed E-state index contributed by atoms with van der Waals surface area (Å²) in [6.07, 6.45) is 0.654. The third-order valence-corrected chi connectivity index (χ3v) is 5.14. The van der Waals surface area contributed by atoms with E-state index in [2.05, 4.69) is 15.5 Å². The highest BCUT2D eigenvalue weighted by Gasteiger charge is 2.18. The van der Waals surface area contributed by atoms with Crippen LogP contribution < -0.4 is 10.9 Å². The van der Waals surface area contributed by atoms with Crippen molar-refractivity contribution in [1.29, 1.82) is 0 Å². The van der Waals surface area contributed by atoms with E-state index in [4.69, 9.17) is 0 Å². The van der Waals surface area contributed by atoms with E-state index in [1.54, 1.807) is 4.40 Å². The van der Waals surface area contributed by atoms with E-state index in [9.17, 15) is 9.59 Å². The van der Waals surface area contributed by atoms with Gasteiger partial charge >= 0.3 is 0 Å². The minimum absolute atomic E-state index is 0.100. The number of fused-ring (bicyclic) bond motifs is 3. The number of amides is 1. The van der Waals surface area contributed by atoms with Crippen molar-refractivity contribution in [1.82, 2.24) is 19.2 Å². The van der Waals surface area contributed by atoms with Gasteiger partial charge in [-0.1, -0.05) is 36.8 Å². The molecule has 0 saturated heterocycles. The lowest BCUT2D eigenvalue weighted by atomic mass is 10.1. The quantitative estimate of drug-likeness (QED) is 0.581. The molecular formula is C22H23N5O2. The maximum absolute atomic E-state index is 13.1. The van der Waals surface area contributed by atoms with Crippen LogP contribution in [0.15, 0.2) is 41.2 Å². The number of carbonyl (C=O) groups excluding carboxylic acids is 1. The Kier molecular flexibility index (Phi) is 4.66. The van der Waals surface area contributed by atoms with Gasteiger partial charge in [0.05, 0.1) is 11.0 Å². The lowest BCUT2D eigenvalue weighted by molar-refractivity contribution is -0.116. The summed E-state index contributed by atoms with van der Waals surface area (Å²) in [5.74, 6) is 0.461. The van der Waals surface area contributed by atoms with Gasteiger partial charge in [-0.15, -0.1) is 10.2 Å². The molecule has 0 atom stereocenters. The number of rotatable bonds is 4. The van der Waals surface area contributed by atoms with Gasteiger partial charge in [0.15, 0.2) is 0 Å². The first kappa shape index (κ1) is 18.9. The summed E-state index contributed by atoms with van der Waals surface area (Å²) in [6.45, 7) is 7.82. The van der Waals surface area contributed by atoms with E-state index in [1.165, 1.54) is 4.57 Å². The van der Waals surface area contributed by atoms with Gasteiger partial charge < -0.3 is 5.32 Å². The fourth-order valence-electron chi connectivity index (χ4n) is 3.91.